The maximum Gasteiger partial charge on any atom is 0.253 e. The highest BCUT2D eigenvalue weighted by molar-refractivity contribution is 6.04. The molecule has 160 valence electrons. The quantitative estimate of drug-likeness (QED) is 0.610. The topological polar surface area (TPSA) is 46.5 Å². The number of carbonyl (C=O) groups excluding carboxylic acids is 1. The molecule has 0 aliphatic heterocycles. The van der Waals surface area contributed by atoms with Gasteiger partial charge in [0.05, 0.1) is 17.8 Å². The third-order valence-electron chi connectivity index (χ3n) is 6.00. The molecule has 0 unspecified atom stereocenters. The van der Waals surface area contributed by atoms with E-state index in [9.17, 15) is 4.79 Å². The molecule has 0 saturated heterocycles. The molecule has 0 radical (unpaired) electrons. The first-order chi connectivity index (χ1) is 14.3. The lowest BCUT2D eigenvalue weighted by atomic mass is 10.0. The number of benzene rings is 2. The van der Waals surface area contributed by atoms with Crippen molar-refractivity contribution in [3.05, 3.63) is 63.8 Å². The average Bonchev–Trinajstić information content (AvgIpc) is 2.95. The van der Waals surface area contributed by atoms with Gasteiger partial charge in [0.15, 0.2) is 0 Å². The molecule has 1 amide bonds. The molecule has 1 heterocycles. The minimum Gasteiger partial charge on any atom is -0.383 e. The first-order valence-electron chi connectivity index (χ1n) is 10.4. The van der Waals surface area contributed by atoms with Gasteiger partial charge in [0, 0.05) is 50.9 Å². The summed E-state index contributed by atoms with van der Waals surface area (Å²) in [5.41, 5.74) is 9.03. The van der Waals surface area contributed by atoms with Gasteiger partial charge in [0.2, 0.25) is 0 Å². The van der Waals surface area contributed by atoms with Crippen LogP contribution in [-0.4, -0.2) is 43.2 Å². The van der Waals surface area contributed by atoms with E-state index in [1.165, 1.54) is 27.9 Å². The molecule has 3 rings (SSSR count). The zero-order chi connectivity index (χ0) is 22.0. The van der Waals surface area contributed by atoms with Crippen molar-refractivity contribution < 1.29 is 9.53 Å². The van der Waals surface area contributed by atoms with Gasteiger partial charge in [-0.3, -0.25) is 4.79 Å². The van der Waals surface area contributed by atoms with Gasteiger partial charge in [-0.15, -0.1) is 0 Å². The third-order valence-corrected chi connectivity index (χ3v) is 6.00. The zero-order valence-electron chi connectivity index (χ0n) is 19.2. The van der Waals surface area contributed by atoms with Gasteiger partial charge in [0.1, 0.15) is 0 Å². The summed E-state index contributed by atoms with van der Waals surface area (Å²) >= 11 is 0. The number of hydrogen-bond acceptors (Lipinski definition) is 3. The minimum atomic E-state index is 0.00807. The van der Waals surface area contributed by atoms with Gasteiger partial charge < -0.3 is 19.5 Å². The van der Waals surface area contributed by atoms with Crippen molar-refractivity contribution in [3.63, 3.8) is 0 Å². The lowest BCUT2D eigenvalue weighted by molar-refractivity contribution is 0.0828. The third kappa shape index (κ3) is 4.08. The Kier molecular flexibility index (Phi) is 6.52. The van der Waals surface area contributed by atoms with Gasteiger partial charge in [-0.2, -0.15) is 0 Å². The monoisotopic (exact) mass is 407 g/mol. The van der Waals surface area contributed by atoms with Crippen molar-refractivity contribution in [3.8, 4) is 0 Å². The molecule has 0 atom stereocenters. The number of aromatic nitrogens is 1. The van der Waals surface area contributed by atoms with E-state index < -0.39 is 0 Å². The van der Waals surface area contributed by atoms with Crippen molar-refractivity contribution in [2.45, 2.75) is 40.8 Å². The summed E-state index contributed by atoms with van der Waals surface area (Å²) in [6.07, 6.45) is 0. The van der Waals surface area contributed by atoms with Crippen LogP contribution in [0.5, 0.6) is 0 Å². The number of rotatable bonds is 7. The summed E-state index contributed by atoms with van der Waals surface area (Å²) < 4.78 is 7.65. The van der Waals surface area contributed by atoms with Gasteiger partial charge >= 0.3 is 0 Å². The predicted molar refractivity (Wildman–Crippen MR) is 125 cm³/mol. The standard InChI is InChI=1S/C25H33N3O2/c1-16-9-8-10-17(2)22(16)15-26-23-14-20(25(29)27(5)6)13-21-18(3)19(4)28(24(21)23)11-12-30-7/h8-10,13-14,26H,11-12,15H2,1-7H3. The molecular weight excluding hydrogens is 374 g/mol. The number of ether oxygens (including phenoxy) is 1. The van der Waals surface area contributed by atoms with Crippen molar-refractivity contribution >= 4 is 22.5 Å². The van der Waals surface area contributed by atoms with E-state index in [2.05, 4.69) is 55.8 Å². The van der Waals surface area contributed by atoms with E-state index in [1.54, 1.807) is 26.1 Å². The molecule has 0 bridgehead atoms. The van der Waals surface area contributed by atoms with Gasteiger partial charge in [-0.25, -0.2) is 0 Å². The van der Waals surface area contributed by atoms with E-state index >= 15 is 0 Å². The predicted octanol–water partition coefficient (Wildman–Crippen LogP) is 4.84. The lowest BCUT2D eigenvalue weighted by Gasteiger charge is -2.17. The normalized spacial score (nSPS) is 11.2. The number of aryl methyl sites for hydroxylation is 3. The molecule has 0 saturated carbocycles. The van der Waals surface area contributed by atoms with Crippen LogP contribution >= 0.6 is 0 Å². The van der Waals surface area contributed by atoms with Crippen LogP contribution in [0, 0.1) is 27.7 Å². The second kappa shape index (κ2) is 8.92. The summed E-state index contributed by atoms with van der Waals surface area (Å²) in [7, 11) is 5.30. The fourth-order valence-corrected chi connectivity index (χ4v) is 4.07. The molecule has 5 nitrogen and oxygen atoms in total. The van der Waals surface area contributed by atoms with Crippen molar-refractivity contribution in [1.29, 1.82) is 0 Å². The van der Waals surface area contributed by atoms with Gasteiger partial charge in [0.25, 0.3) is 5.91 Å². The Balaban J connectivity index is 2.15. The Bertz CT molecular complexity index is 1060. The van der Waals surface area contributed by atoms with Gasteiger partial charge in [-0.05, 0) is 62.1 Å². The molecule has 30 heavy (non-hydrogen) atoms. The van der Waals surface area contributed by atoms with Crippen LogP contribution in [0.3, 0.4) is 0 Å². The number of carbonyl (C=O) groups is 1. The first-order valence-corrected chi connectivity index (χ1v) is 10.4. The Labute approximate surface area is 179 Å². The van der Waals surface area contributed by atoms with Crippen molar-refractivity contribution in [1.82, 2.24) is 9.47 Å². The van der Waals surface area contributed by atoms with Crippen LogP contribution in [0.15, 0.2) is 30.3 Å². The highest BCUT2D eigenvalue weighted by Crippen LogP contribution is 2.33. The number of amides is 1. The fraction of sp³-hybridized carbons (Fsp3) is 0.400. The summed E-state index contributed by atoms with van der Waals surface area (Å²) in [5, 5.41) is 4.76. The first kappa shape index (κ1) is 21.9. The van der Waals surface area contributed by atoms with Crippen molar-refractivity contribution in [2.75, 3.05) is 33.1 Å². The van der Waals surface area contributed by atoms with Crippen LogP contribution in [0.25, 0.3) is 10.9 Å². The molecule has 1 N–H and O–H groups in total. The van der Waals surface area contributed by atoms with E-state index in [-0.39, 0.29) is 5.91 Å². The Morgan fingerprint density at radius 1 is 1.10 bits per heavy atom. The second-order valence-corrected chi connectivity index (χ2v) is 8.20. The van der Waals surface area contributed by atoms with Crippen LogP contribution in [-0.2, 0) is 17.8 Å². The Morgan fingerprint density at radius 3 is 2.37 bits per heavy atom. The number of nitrogens with one attached hydrogen (secondary N) is 1. The van der Waals surface area contributed by atoms with Crippen LogP contribution in [0.4, 0.5) is 5.69 Å². The summed E-state index contributed by atoms with van der Waals surface area (Å²) in [6.45, 7) is 10.7. The molecule has 0 aliphatic carbocycles. The maximum absolute atomic E-state index is 12.8. The van der Waals surface area contributed by atoms with Crippen LogP contribution in [0.1, 0.15) is 38.3 Å². The smallest absolute Gasteiger partial charge is 0.253 e. The SMILES string of the molecule is COCCn1c(C)c(C)c2cc(C(=O)N(C)C)cc(NCc3c(C)cccc3C)c21. The number of methoxy groups -OCH3 is 1. The van der Waals surface area contributed by atoms with E-state index in [0.717, 1.165) is 23.1 Å². The van der Waals surface area contributed by atoms with E-state index in [4.69, 9.17) is 4.74 Å². The largest absolute Gasteiger partial charge is 0.383 e. The summed E-state index contributed by atoms with van der Waals surface area (Å²) in [5.74, 6) is 0.00807. The molecule has 3 aromatic rings. The van der Waals surface area contributed by atoms with E-state index in [0.29, 0.717) is 18.7 Å². The van der Waals surface area contributed by atoms with Crippen LogP contribution < -0.4 is 5.32 Å². The summed E-state index contributed by atoms with van der Waals surface area (Å²) in [4.78, 5) is 14.4. The van der Waals surface area contributed by atoms with Crippen molar-refractivity contribution in [2.24, 2.45) is 0 Å². The molecular formula is C25H33N3O2. The molecule has 0 spiro atoms. The zero-order valence-corrected chi connectivity index (χ0v) is 19.2. The average molecular weight is 408 g/mol. The molecule has 5 heteroatoms. The molecule has 1 aromatic heterocycles. The van der Waals surface area contributed by atoms with E-state index in [1.807, 2.05) is 12.1 Å². The Hall–Kier alpha value is -2.79. The highest BCUT2D eigenvalue weighted by atomic mass is 16.5. The molecule has 0 fully saturated rings. The second-order valence-electron chi connectivity index (χ2n) is 8.20. The number of nitrogens with zero attached hydrogens (tertiary/aromatic N) is 2. The Morgan fingerprint density at radius 2 is 1.77 bits per heavy atom. The number of fused-ring (bicyclic) bond motifs is 1. The highest BCUT2D eigenvalue weighted by Gasteiger charge is 2.19. The minimum absolute atomic E-state index is 0.00807. The van der Waals surface area contributed by atoms with Crippen LogP contribution in [0.2, 0.25) is 0 Å². The number of hydrogen-bond donors (Lipinski definition) is 1. The number of anilines is 1. The fourth-order valence-electron chi connectivity index (χ4n) is 4.07. The molecule has 0 aliphatic rings. The lowest BCUT2D eigenvalue weighted by Crippen LogP contribution is -2.22. The summed E-state index contributed by atoms with van der Waals surface area (Å²) in [6, 6.07) is 10.4. The van der Waals surface area contributed by atoms with Gasteiger partial charge in [-0.1, -0.05) is 18.2 Å². The maximum atomic E-state index is 12.8. The molecule has 2 aromatic carbocycles.